The number of sulfone groups is 1. The van der Waals surface area contributed by atoms with Gasteiger partial charge in [0.25, 0.3) is 0 Å². The highest BCUT2D eigenvalue weighted by molar-refractivity contribution is 9.10. The van der Waals surface area contributed by atoms with Gasteiger partial charge in [-0.15, -0.1) is 0 Å². The summed E-state index contributed by atoms with van der Waals surface area (Å²) in [5.41, 5.74) is 2.33. The lowest BCUT2D eigenvalue weighted by Crippen LogP contribution is -2.23. The van der Waals surface area contributed by atoms with E-state index >= 15 is 0 Å². The molecule has 27 heavy (non-hydrogen) atoms. The second kappa shape index (κ2) is 9.24. The van der Waals surface area contributed by atoms with Crippen molar-refractivity contribution in [1.82, 2.24) is 15.8 Å². The number of benzene rings is 1. The molecule has 2 rings (SSSR count). The molecule has 0 aliphatic carbocycles. The minimum atomic E-state index is -3.13. The first-order valence-electron chi connectivity index (χ1n) is 7.97. The van der Waals surface area contributed by atoms with Crippen molar-refractivity contribution in [2.75, 3.05) is 17.6 Å². The Labute approximate surface area is 164 Å². The third-order valence-electron chi connectivity index (χ3n) is 3.58. The predicted molar refractivity (Wildman–Crippen MR) is 102 cm³/mol. The maximum absolute atomic E-state index is 13.3. The largest absolute Gasteiger partial charge is 0.365 e. The van der Waals surface area contributed by atoms with E-state index in [1.54, 1.807) is 13.8 Å². The number of amidine groups is 1. The van der Waals surface area contributed by atoms with Crippen LogP contribution in [0.25, 0.3) is 0 Å². The molecule has 148 valence electrons. The van der Waals surface area contributed by atoms with Gasteiger partial charge in [-0.1, -0.05) is 0 Å². The van der Waals surface area contributed by atoms with Crippen molar-refractivity contribution in [3.8, 4) is 0 Å². The van der Waals surface area contributed by atoms with Crippen LogP contribution >= 0.6 is 15.9 Å². The summed E-state index contributed by atoms with van der Waals surface area (Å²) in [4.78, 5) is 4.13. The van der Waals surface area contributed by atoms with Crippen molar-refractivity contribution in [2.45, 2.75) is 25.5 Å². The van der Waals surface area contributed by atoms with E-state index in [0.29, 0.717) is 18.7 Å². The standard InChI is InChI=1S/C15H19BrFN5O4S/c1-9(2)27(24,25)7-3-6-18-14-13(21-26-22-14)15(20-23)19-10-4-5-12(17)11(16)8-10/h4-5,8-9,23H,3,6-7H2,1-2H3,(H,18,22)(H,19,20). The van der Waals surface area contributed by atoms with Gasteiger partial charge in [0, 0.05) is 6.54 Å². The first-order chi connectivity index (χ1) is 12.7. The Morgan fingerprint density at radius 1 is 1.41 bits per heavy atom. The topological polar surface area (TPSA) is 130 Å². The first-order valence-corrected chi connectivity index (χ1v) is 10.5. The monoisotopic (exact) mass is 463 g/mol. The zero-order valence-electron chi connectivity index (χ0n) is 14.6. The van der Waals surface area contributed by atoms with Crippen LogP contribution in [0, 0.1) is 5.82 Å². The zero-order chi connectivity index (χ0) is 20.0. The zero-order valence-corrected chi connectivity index (χ0v) is 17.0. The molecular formula is C15H19BrFN5O4S. The van der Waals surface area contributed by atoms with Crippen LogP contribution < -0.4 is 10.8 Å². The molecule has 0 fully saturated rings. The molecule has 0 amide bonds. The number of hydroxylamine groups is 1. The van der Waals surface area contributed by atoms with Crippen molar-refractivity contribution < 1.29 is 22.6 Å². The summed E-state index contributed by atoms with van der Waals surface area (Å²) in [7, 11) is -3.13. The minimum Gasteiger partial charge on any atom is -0.365 e. The van der Waals surface area contributed by atoms with Crippen LogP contribution in [-0.2, 0) is 9.84 Å². The fourth-order valence-electron chi connectivity index (χ4n) is 1.99. The number of hydrogen-bond donors (Lipinski definition) is 3. The van der Waals surface area contributed by atoms with Crippen molar-refractivity contribution in [3.63, 3.8) is 0 Å². The van der Waals surface area contributed by atoms with Crippen LogP contribution in [-0.4, -0.2) is 47.3 Å². The molecule has 0 atom stereocenters. The molecule has 0 radical (unpaired) electrons. The van der Waals surface area contributed by atoms with Gasteiger partial charge in [0.15, 0.2) is 21.4 Å². The Hall–Kier alpha value is -2.05. The van der Waals surface area contributed by atoms with E-state index < -0.39 is 20.9 Å². The molecule has 0 spiro atoms. The van der Waals surface area contributed by atoms with Crippen LogP contribution in [0.3, 0.4) is 0 Å². The molecule has 3 N–H and O–H groups in total. The molecule has 1 aromatic carbocycles. The van der Waals surface area contributed by atoms with Crippen LogP contribution in [0.15, 0.2) is 32.3 Å². The van der Waals surface area contributed by atoms with Gasteiger partial charge in [-0.2, -0.15) is 0 Å². The van der Waals surface area contributed by atoms with E-state index in [1.165, 1.54) is 18.2 Å². The maximum atomic E-state index is 13.3. The van der Waals surface area contributed by atoms with Gasteiger partial charge < -0.3 is 5.32 Å². The lowest BCUT2D eigenvalue weighted by Gasteiger charge is -2.08. The Bertz CT molecular complexity index is 917. The van der Waals surface area contributed by atoms with Gasteiger partial charge in [0.2, 0.25) is 5.82 Å². The summed E-state index contributed by atoms with van der Waals surface area (Å²) >= 11 is 3.05. The lowest BCUT2D eigenvalue weighted by atomic mass is 10.3. The van der Waals surface area contributed by atoms with Gasteiger partial charge in [0.1, 0.15) is 5.82 Å². The lowest BCUT2D eigenvalue weighted by molar-refractivity contribution is 0.234. The van der Waals surface area contributed by atoms with Crippen molar-refractivity contribution >= 4 is 43.1 Å². The smallest absolute Gasteiger partial charge is 0.202 e. The Kier molecular flexibility index (Phi) is 7.27. The van der Waals surface area contributed by atoms with Crippen LogP contribution in [0.5, 0.6) is 0 Å². The molecule has 12 heteroatoms. The number of anilines is 1. The third-order valence-corrected chi connectivity index (χ3v) is 6.48. The highest BCUT2D eigenvalue weighted by Crippen LogP contribution is 2.23. The van der Waals surface area contributed by atoms with Gasteiger partial charge in [-0.25, -0.2) is 22.4 Å². The molecule has 2 aromatic rings. The number of nitrogens with one attached hydrogen (secondary N) is 2. The Morgan fingerprint density at radius 2 is 2.15 bits per heavy atom. The van der Waals surface area contributed by atoms with Crippen molar-refractivity contribution in [2.24, 2.45) is 4.99 Å². The van der Waals surface area contributed by atoms with E-state index in [-0.39, 0.29) is 27.6 Å². The Balaban J connectivity index is 2.09. The fraction of sp³-hybridized carbons (Fsp3) is 0.400. The number of rotatable bonds is 8. The summed E-state index contributed by atoms with van der Waals surface area (Å²) in [6.07, 6.45) is 0.358. The van der Waals surface area contributed by atoms with E-state index in [0.717, 1.165) is 0 Å². The average molecular weight is 464 g/mol. The highest BCUT2D eigenvalue weighted by atomic mass is 79.9. The normalized spacial score (nSPS) is 12.4. The molecule has 9 nitrogen and oxygen atoms in total. The summed E-state index contributed by atoms with van der Waals surface area (Å²) in [6, 6.07) is 4.05. The fourth-order valence-corrected chi connectivity index (χ4v) is 3.38. The summed E-state index contributed by atoms with van der Waals surface area (Å²) in [6.45, 7) is 3.56. The summed E-state index contributed by atoms with van der Waals surface area (Å²) in [5, 5.41) is 19.2. The minimum absolute atomic E-state index is 0.0289. The average Bonchev–Trinajstić information content (AvgIpc) is 3.08. The quantitative estimate of drug-likeness (QED) is 0.235. The third kappa shape index (κ3) is 5.71. The van der Waals surface area contributed by atoms with Crippen LogP contribution in [0.1, 0.15) is 26.0 Å². The molecule has 1 heterocycles. The number of hydrogen-bond acceptors (Lipinski definition) is 8. The number of halogens is 2. The summed E-state index contributed by atoms with van der Waals surface area (Å²) < 4.78 is 41.8. The second-order valence-electron chi connectivity index (χ2n) is 5.83. The van der Waals surface area contributed by atoms with Crippen LogP contribution in [0.2, 0.25) is 0 Å². The molecule has 1 aromatic heterocycles. The Morgan fingerprint density at radius 3 is 2.78 bits per heavy atom. The molecule has 0 bridgehead atoms. The maximum Gasteiger partial charge on any atom is 0.202 e. The summed E-state index contributed by atoms with van der Waals surface area (Å²) in [5.74, 6) is -0.319. The van der Waals surface area contributed by atoms with E-state index in [4.69, 9.17) is 0 Å². The second-order valence-corrected chi connectivity index (χ2v) is 9.36. The molecular weight excluding hydrogens is 445 g/mol. The molecule has 0 aliphatic rings. The number of nitrogens with zero attached hydrogens (tertiary/aromatic N) is 3. The van der Waals surface area contributed by atoms with Gasteiger partial charge in [0.05, 0.1) is 21.2 Å². The highest BCUT2D eigenvalue weighted by Gasteiger charge is 2.18. The first kappa shape index (κ1) is 21.3. The van der Waals surface area contributed by atoms with Gasteiger partial charge in [-0.3, -0.25) is 10.7 Å². The molecule has 0 saturated heterocycles. The van der Waals surface area contributed by atoms with Crippen molar-refractivity contribution in [3.05, 3.63) is 34.2 Å². The van der Waals surface area contributed by atoms with E-state index in [2.05, 4.69) is 41.2 Å². The predicted octanol–water partition coefficient (Wildman–Crippen LogP) is 2.65. The van der Waals surface area contributed by atoms with Gasteiger partial charge in [-0.05, 0) is 64.7 Å². The van der Waals surface area contributed by atoms with Crippen molar-refractivity contribution in [1.29, 1.82) is 0 Å². The van der Waals surface area contributed by atoms with E-state index in [9.17, 15) is 18.0 Å². The molecule has 0 unspecified atom stereocenters. The molecule has 0 aliphatic heterocycles. The van der Waals surface area contributed by atoms with E-state index in [1.807, 2.05) is 5.48 Å². The number of aromatic nitrogens is 2. The van der Waals surface area contributed by atoms with Crippen LogP contribution in [0.4, 0.5) is 15.9 Å². The SMILES string of the molecule is CC(C)S(=O)(=O)CCCNc1nonc1C(=Nc1ccc(F)c(Br)c1)NO. The molecule has 0 saturated carbocycles. The van der Waals surface area contributed by atoms with Gasteiger partial charge >= 0.3 is 0 Å². The number of aliphatic imine (C=N–C) groups is 1.